The van der Waals surface area contributed by atoms with Crippen LogP contribution in [-0.2, 0) is 9.47 Å². The summed E-state index contributed by atoms with van der Waals surface area (Å²) in [4.78, 5) is 51.5. The number of benzene rings is 4. The molecule has 1 aliphatic heterocycles. The fourth-order valence-electron chi connectivity index (χ4n) is 4.94. The lowest BCUT2D eigenvalue weighted by atomic mass is 10.2. The van der Waals surface area contributed by atoms with Crippen LogP contribution in [0.25, 0.3) is 22.8 Å². The van der Waals surface area contributed by atoms with Crippen molar-refractivity contribution in [1.29, 1.82) is 0 Å². The van der Waals surface area contributed by atoms with E-state index in [1.807, 2.05) is 0 Å². The number of methoxy groups -OCH3 is 4. The van der Waals surface area contributed by atoms with Crippen molar-refractivity contribution in [2.24, 2.45) is 0 Å². The number of fused-ring (bicyclic) bond motifs is 8. The molecule has 18 heteroatoms. The highest BCUT2D eigenvalue weighted by molar-refractivity contribution is 5.91. The molecular weight excluding hydrogens is 708 g/mol. The number of hydrogen-bond acceptors (Lipinski definition) is 18. The minimum Gasteiger partial charge on any atom is -0.502 e. The maximum Gasteiger partial charge on any atom is 0.338 e. The van der Waals surface area contributed by atoms with Crippen LogP contribution in [0.15, 0.2) is 72.8 Å². The molecule has 272 valence electrons. The van der Waals surface area contributed by atoms with Crippen LogP contribution in [0.3, 0.4) is 0 Å². The fraction of sp³-hybridized carbons (Fsp3) is 0.111. The van der Waals surface area contributed by atoms with Gasteiger partial charge in [-0.15, -0.1) is 9.97 Å². The van der Waals surface area contributed by atoms with Crippen LogP contribution in [-0.4, -0.2) is 80.5 Å². The Morgan fingerprint density at radius 3 is 1.04 bits per heavy atom. The molecule has 1 aliphatic rings. The summed E-state index contributed by atoms with van der Waals surface area (Å²) < 4.78 is 44.1. The first-order valence-corrected chi connectivity index (χ1v) is 15.6. The minimum atomic E-state index is -0.813. The quantitative estimate of drug-likeness (QED) is 0.190. The SMILES string of the molecule is COC(=O)c1cc2c(O)c(c1)Oc1nc(nc(-c3ccc(OC)cc3)n1)Oc1cc(C(=O)OC)cc(c1O)Oc1nc(nc(-c3ccc(OC)cc3)n1)O2. The lowest BCUT2D eigenvalue weighted by molar-refractivity contribution is 0.0591. The van der Waals surface area contributed by atoms with E-state index in [0.717, 1.165) is 38.5 Å². The monoisotopic (exact) mass is 734 g/mol. The van der Waals surface area contributed by atoms with Gasteiger partial charge in [-0.25, -0.2) is 9.59 Å². The number of phenols is 2. The number of aromatic hydroxyl groups is 2. The maximum absolute atomic E-state index is 12.8. The van der Waals surface area contributed by atoms with E-state index in [-0.39, 0.29) is 45.8 Å². The van der Waals surface area contributed by atoms with Gasteiger partial charge in [-0.2, -0.15) is 19.9 Å². The zero-order valence-corrected chi connectivity index (χ0v) is 28.6. The van der Waals surface area contributed by atoms with Gasteiger partial charge in [0, 0.05) is 11.1 Å². The number of carbonyl (C=O) groups is 2. The molecule has 0 radical (unpaired) electrons. The molecule has 0 saturated carbocycles. The van der Waals surface area contributed by atoms with Crippen molar-refractivity contribution in [2.75, 3.05) is 28.4 Å². The van der Waals surface area contributed by atoms with Crippen LogP contribution in [0.1, 0.15) is 20.7 Å². The molecule has 3 heterocycles. The molecule has 18 nitrogen and oxygen atoms in total. The number of carbonyl (C=O) groups excluding carboxylic acids is 2. The number of aromatic nitrogens is 6. The number of rotatable bonds is 6. The largest absolute Gasteiger partial charge is 0.502 e. The Hall–Kier alpha value is -7.76. The second-order valence-electron chi connectivity index (χ2n) is 10.9. The number of nitrogens with zero attached hydrogens (tertiary/aromatic N) is 6. The highest BCUT2D eigenvalue weighted by Gasteiger charge is 2.25. The third kappa shape index (κ3) is 7.06. The predicted molar refractivity (Wildman–Crippen MR) is 183 cm³/mol. The van der Waals surface area contributed by atoms with Crippen molar-refractivity contribution in [3.05, 3.63) is 83.9 Å². The highest BCUT2D eigenvalue weighted by Crippen LogP contribution is 2.44. The number of esters is 2. The minimum absolute atomic E-state index is 0.0117. The van der Waals surface area contributed by atoms with Gasteiger partial charge in [0.15, 0.2) is 34.6 Å². The van der Waals surface area contributed by atoms with Crippen LogP contribution in [0.4, 0.5) is 0 Å². The van der Waals surface area contributed by atoms with Crippen LogP contribution >= 0.6 is 0 Å². The topological polar surface area (TPSA) is 226 Å². The van der Waals surface area contributed by atoms with Crippen LogP contribution < -0.4 is 28.4 Å². The first-order chi connectivity index (χ1) is 26.1. The van der Waals surface area contributed by atoms with E-state index in [0.29, 0.717) is 22.6 Å². The molecular formula is C36H26N6O12. The number of ether oxygens (including phenoxy) is 8. The summed E-state index contributed by atoms with van der Waals surface area (Å²) in [5, 5.41) is 22.8. The number of phenolic OH excluding ortho intramolecular Hbond substituents is 2. The molecule has 0 unspecified atom stereocenters. The summed E-state index contributed by atoms with van der Waals surface area (Å²) in [5.41, 5.74) is 0.673. The average molecular weight is 735 g/mol. The van der Waals surface area contributed by atoms with Gasteiger partial charge in [-0.1, -0.05) is 0 Å². The summed E-state index contributed by atoms with van der Waals surface area (Å²) in [6.07, 6.45) is 0. The Kier molecular flexibility index (Phi) is 9.29. The Bertz CT molecular complexity index is 2150. The summed E-state index contributed by atoms with van der Waals surface area (Å²) >= 11 is 0. The molecule has 2 aromatic heterocycles. The first kappa shape index (κ1) is 34.7. The molecule has 54 heavy (non-hydrogen) atoms. The standard InChI is InChI=1S/C36H26N6O12/c1-47-21-9-5-17(6-10-21)29-37-33-41-34(38-29)52-24-14-20(32(46)50-4)16-26(28(24)44)54-36-40-30(18-7-11-22(48-2)12-8-18)39-35(42-36)53-25-15-19(31(45)49-3)13-23(51-33)27(25)43/h5-16,43-44H,1-4H3. The van der Waals surface area contributed by atoms with Crippen molar-refractivity contribution in [3.63, 3.8) is 0 Å². The molecule has 0 fully saturated rings. The molecule has 0 aliphatic carbocycles. The van der Waals surface area contributed by atoms with Gasteiger partial charge < -0.3 is 48.1 Å². The Labute approximate surface area is 304 Å². The molecule has 7 rings (SSSR count). The van der Waals surface area contributed by atoms with Crippen molar-refractivity contribution in [1.82, 2.24) is 29.9 Å². The van der Waals surface area contributed by atoms with E-state index in [1.54, 1.807) is 48.5 Å². The molecule has 8 bridgehead atoms. The first-order valence-electron chi connectivity index (χ1n) is 15.6. The fourth-order valence-corrected chi connectivity index (χ4v) is 4.94. The third-order valence-corrected chi connectivity index (χ3v) is 7.61. The Balaban J connectivity index is 1.46. The van der Waals surface area contributed by atoms with Crippen LogP contribution in [0.5, 0.6) is 70.0 Å². The van der Waals surface area contributed by atoms with Crippen molar-refractivity contribution < 1.29 is 57.7 Å². The average Bonchev–Trinajstić information content (AvgIpc) is 3.19. The zero-order valence-electron chi connectivity index (χ0n) is 28.6. The Morgan fingerprint density at radius 1 is 0.481 bits per heavy atom. The summed E-state index contributed by atoms with van der Waals surface area (Å²) in [7, 11) is 5.34. The second kappa shape index (κ2) is 14.5. The van der Waals surface area contributed by atoms with Gasteiger partial charge in [-0.3, -0.25) is 0 Å². The van der Waals surface area contributed by atoms with Crippen LogP contribution in [0, 0.1) is 0 Å². The van der Waals surface area contributed by atoms with Crippen molar-refractivity contribution in [3.8, 4) is 92.8 Å². The van der Waals surface area contributed by atoms with Gasteiger partial charge >= 0.3 is 36.0 Å². The predicted octanol–water partition coefficient (Wildman–Crippen LogP) is 5.87. The maximum atomic E-state index is 12.8. The normalized spacial score (nSPS) is 11.5. The molecule has 2 N–H and O–H groups in total. The Morgan fingerprint density at radius 2 is 0.778 bits per heavy atom. The summed E-state index contributed by atoms with van der Waals surface area (Å²) in [6, 6.07) is 16.1. The molecule has 0 saturated heterocycles. The van der Waals surface area contributed by atoms with Gasteiger partial charge in [0.05, 0.1) is 39.6 Å². The van der Waals surface area contributed by atoms with Gasteiger partial charge in [0.25, 0.3) is 0 Å². The lowest BCUT2D eigenvalue weighted by Gasteiger charge is -2.16. The molecule has 0 spiro atoms. The highest BCUT2D eigenvalue weighted by atomic mass is 16.5. The second-order valence-corrected chi connectivity index (χ2v) is 10.9. The van der Waals surface area contributed by atoms with Gasteiger partial charge in [-0.05, 0) is 72.8 Å². The molecule has 0 amide bonds. The third-order valence-electron chi connectivity index (χ3n) is 7.61. The van der Waals surface area contributed by atoms with Crippen molar-refractivity contribution >= 4 is 11.9 Å². The van der Waals surface area contributed by atoms with E-state index >= 15 is 0 Å². The van der Waals surface area contributed by atoms with E-state index < -0.39 is 47.5 Å². The van der Waals surface area contributed by atoms with Crippen molar-refractivity contribution in [2.45, 2.75) is 0 Å². The number of hydrogen-bond donors (Lipinski definition) is 2. The summed E-state index contributed by atoms with van der Waals surface area (Å²) in [6.45, 7) is 0. The van der Waals surface area contributed by atoms with Gasteiger partial charge in [0.1, 0.15) is 11.5 Å². The summed E-state index contributed by atoms with van der Waals surface area (Å²) in [5.74, 6) is -3.20. The molecule has 6 aromatic rings. The van der Waals surface area contributed by atoms with E-state index in [9.17, 15) is 19.8 Å². The van der Waals surface area contributed by atoms with Crippen LogP contribution in [0.2, 0.25) is 0 Å². The smallest absolute Gasteiger partial charge is 0.338 e. The van der Waals surface area contributed by atoms with E-state index in [1.165, 1.54) is 14.2 Å². The van der Waals surface area contributed by atoms with E-state index in [4.69, 9.17) is 37.9 Å². The van der Waals surface area contributed by atoms with E-state index in [2.05, 4.69) is 29.9 Å². The zero-order chi connectivity index (χ0) is 37.9. The lowest BCUT2D eigenvalue weighted by Crippen LogP contribution is -2.07. The molecule has 0 atom stereocenters. The van der Waals surface area contributed by atoms with Gasteiger partial charge in [0.2, 0.25) is 11.5 Å². The molecule has 4 aromatic carbocycles.